The highest BCUT2D eigenvalue weighted by Gasteiger charge is 2.39. The number of hydrogen-bond acceptors (Lipinski definition) is 4. The number of nitrogens with zero attached hydrogens (tertiary/aromatic N) is 2. The van der Waals surface area contributed by atoms with Crippen molar-refractivity contribution in [2.45, 2.75) is 38.1 Å². The summed E-state index contributed by atoms with van der Waals surface area (Å²) in [5.41, 5.74) is 8.95. The highest BCUT2D eigenvalue weighted by molar-refractivity contribution is 9.10. The zero-order valence-corrected chi connectivity index (χ0v) is 15.4. The Morgan fingerprint density at radius 3 is 2.79 bits per heavy atom. The van der Waals surface area contributed by atoms with Gasteiger partial charge in [-0.1, -0.05) is 0 Å². The molecule has 0 spiro atoms. The number of carbonyl (C=O) groups excluding carboxylic acids is 1. The summed E-state index contributed by atoms with van der Waals surface area (Å²) in [4.78, 5) is 16.4. The summed E-state index contributed by atoms with van der Waals surface area (Å²) in [6.45, 7) is 3.97. The first-order chi connectivity index (χ1) is 11.7. The maximum atomic E-state index is 12.1. The molecule has 0 aliphatic carbocycles. The number of ether oxygens (including phenoxy) is 1. The normalized spacial score (nSPS) is 28.6. The van der Waals surface area contributed by atoms with Crippen molar-refractivity contribution in [3.05, 3.63) is 16.1 Å². The number of rotatable bonds is 3. The van der Waals surface area contributed by atoms with E-state index in [1.807, 2.05) is 11.0 Å². The van der Waals surface area contributed by atoms with Gasteiger partial charge in [-0.05, 0) is 73.1 Å². The molecule has 1 aromatic carbocycles. The minimum atomic E-state index is 0.233. The number of fused-ring (bicyclic) bond motifs is 4. The molecule has 6 heteroatoms. The molecule has 5 nitrogen and oxygen atoms in total. The van der Waals surface area contributed by atoms with E-state index in [1.165, 1.54) is 12.8 Å². The SMILES string of the molecule is Nc1c(Br)cc(N(C=O)C2CN3CCC2CC3)c2c1CCCCO2. The number of anilines is 2. The third-order valence-electron chi connectivity index (χ3n) is 5.79. The van der Waals surface area contributed by atoms with E-state index in [1.54, 1.807) is 0 Å². The Morgan fingerprint density at radius 1 is 1.33 bits per heavy atom. The third-order valence-corrected chi connectivity index (χ3v) is 6.45. The van der Waals surface area contributed by atoms with Crippen LogP contribution in [0.15, 0.2) is 10.5 Å². The molecular formula is C18H24BrN3O2. The average molecular weight is 394 g/mol. The Bertz CT molecular complexity index is 644. The molecule has 24 heavy (non-hydrogen) atoms. The van der Waals surface area contributed by atoms with Crippen molar-refractivity contribution < 1.29 is 9.53 Å². The molecule has 1 atom stereocenters. The van der Waals surface area contributed by atoms with Gasteiger partial charge in [-0.25, -0.2) is 0 Å². The Kier molecular flexibility index (Phi) is 4.43. The van der Waals surface area contributed by atoms with E-state index in [2.05, 4.69) is 20.8 Å². The molecule has 1 amide bonds. The fraction of sp³-hybridized carbons (Fsp3) is 0.611. The second kappa shape index (κ2) is 6.56. The number of halogens is 1. The Labute approximate surface area is 151 Å². The molecule has 2 bridgehead atoms. The van der Waals surface area contributed by atoms with E-state index < -0.39 is 0 Å². The van der Waals surface area contributed by atoms with Crippen LogP contribution in [0.5, 0.6) is 5.75 Å². The minimum absolute atomic E-state index is 0.233. The molecule has 3 fully saturated rings. The molecule has 0 saturated carbocycles. The molecule has 1 unspecified atom stereocenters. The summed E-state index contributed by atoms with van der Waals surface area (Å²) in [5.74, 6) is 1.40. The van der Waals surface area contributed by atoms with Gasteiger partial charge >= 0.3 is 0 Å². The number of carbonyl (C=O) groups is 1. The van der Waals surface area contributed by atoms with Crippen LogP contribution in [-0.4, -0.2) is 43.6 Å². The van der Waals surface area contributed by atoms with Gasteiger partial charge in [0.1, 0.15) is 5.75 Å². The minimum Gasteiger partial charge on any atom is -0.491 e. The lowest BCUT2D eigenvalue weighted by Crippen LogP contribution is -2.57. The van der Waals surface area contributed by atoms with Crippen molar-refractivity contribution >= 4 is 33.7 Å². The highest BCUT2D eigenvalue weighted by Crippen LogP contribution is 2.44. The van der Waals surface area contributed by atoms with Gasteiger partial charge in [0.25, 0.3) is 0 Å². The van der Waals surface area contributed by atoms with Crippen LogP contribution >= 0.6 is 15.9 Å². The number of amides is 1. The summed E-state index contributed by atoms with van der Waals surface area (Å²) in [5, 5.41) is 0. The number of benzene rings is 1. The molecule has 4 heterocycles. The first kappa shape index (κ1) is 16.2. The van der Waals surface area contributed by atoms with E-state index in [9.17, 15) is 4.79 Å². The zero-order chi connectivity index (χ0) is 16.7. The maximum absolute atomic E-state index is 12.1. The van der Waals surface area contributed by atoms with Gasteiger partial charge < -0.3 is 20.3 Å². The van der Waals surface area contributed by atoms with Crippen LogP contribution in [0, 0.1) is 5.92 Å². The summed E-state index contributed by atoms with van der Waals surface area (Å²) in [6, 6.07) is 2.20. The Balaban J connectivity index is 1.76. The van der Waals surface area contributed by atoms with Crippen LogP contribution in [0.25, 0.3) is 0 Å². The first-order valence-electron chi connectivity index (χ1n) is 8.88. The molecule has 130 valence electrons. The van der Waals surface area contributed by atoms with Gasteiger partial charge in [-0.3, -0.25) is 4.79 Å². The van der Waals surface area contributed by atoms with Gasteiger partial charge in [0.15, 0.2) is 0 Å². The number of piperidine rings is 3. The smallest absolute Gasteiger partial charge is 0.214 e. The topological polar surface area (TPSA) is 58.8 Å². The van der Waals surface area contributed by atoms with Crippen LogP contribution < -0.4 is 15.4 Å². The second-order valence-corrected chi connectivity index (χ2v) is 7.98. The van der Waals surface area contributed by atoms with Crippen LogP contribution in [0.4, 0.5) is 11.4 Å². The van der Waals surface area contributed by atoms with Gasteiger partial charge in [-0.2, -0.15) is 0 Å². The molecule has 5 rings (SSSR count). The van der Waals surface area contributed by atoms with Crippen molar-refractivity contribution in [3.8, 4) is 5.75 Å². The highest BCUT2D eigenvalue weighted by atomic mass is 79.9. The van der Waals surface area contributed by atoms with Gasteiger partial charge in [0.05, 0.1) is 24.0 Å². The lowest BCUT2D eigenvalue weighted by Gasteiger charge is -2.48. The van der Waals surface area contributed by atoms with E-state index in [-0.39, 0.29) is 6.04 Å². The van der Waals surface area contributed by atoms with Gasteiger partial charge in [0.2, 0.25) is 6.41 Å². The molecular weight excluding hydrogens is 370 g/mol. The third kappa shape index (κ3) is 2.69. The van der Waals surface area contributed by atoms with Gasteiger partial charge in [-0.15, -0.1) is 0 Å². The predicted molar refractivity (Wildman–Crippen MR) is 98.5 cm³/mol. The molecule has 1 aromatic rings. The average Bonchev–Trinajstić information content (AvgIpc) is 2.87. The molecule has 4 aliphatic rings. The largest absolute Gasteiger partial charge is 0.491 e. The summed E-state index contributed by atoms with van der Waals surface area (Å²) in [7, 11) is 0. The molecule has 0 aromatic heterocycles. The van der Waals surface area contributed by atoms with Gasteiger partial charge in [0, 0.05) is 16.6 Å². The molecule has 3 saturated heterocycles. The Hall–Kier alpha value is -1.27. The van der Waals surface area contributed by atoms with Crippen molar-refractivity contribution in [1.29, 1.82) is 0 Å². The van der Waals surface area contributed by atoms with E-state index in [0.717, 1.165) is 72.5 Å². The molecule has 0 radical (unpaired) electrons. The fourth-order valence-corrected chi connectivity index (χ4v) is 4.88. The predicted octanol–water partition coefficient (Wildman–Crippen LogP) is 2.80. The molecule has 2 N–H and O–H groups in total. The van der Waals surface area contributed by atoms with E-state index >= 15 is 0 Å². The van der Waals surface area contributed by atoms with Crippen molar-refractivity contribution in [3.63, 3.8) is 0 Å². The van der Waals surface area contributed by atoms with Crippen LogP contribution in [0.2, 0.25) is 0 Å². The second-order valence-electron chi connectivity index (χ2n) is 7.12. The van der Waals surface area contributed by atoms with Crippen LogP contribution in [0.3, 0.4) is 0 Å². The van der Waals surface area contributed by atoms with E-state index in [4.69, 9.17) is 10.5 Å². The first-order valence-corrected chi connectivity index (χ1v) is 9.68. The summed E-state index contributed by atoms with van der Waals surface area (Å²) >= 11 is 3.58. The van der Waals surface area contributed by atoms with Crippen LogP contribution in [-0.2, 0) is 11.2 Å². The lowest BCUT2D eigenvalue weighted by molar-refractivity contribution is -0.108. The summed E-state index contributed by atoms with van der Waals surface area (Å²) in [6.07, 6.45) is 6.32. The van der Waals surface area contributed by atoms with Crippen LogP contribution in [0.1, 0.15) is 31.2 Å². The zero-order valence-electron chi connectivity index (χ0n) is 13.8. The van der Waals surface area contributed by atoms with Crippen molar-refractivity contribution in [2.75, 3.05) is 36.9 Å². The van der Waals surface area contributed by atoms with Crippen molar-refractivity contribution in [2.24, 2.45) is 5.92 Å². The quantitative estimate of drug-likeness (QED) is 0.633. The number of nitrogen functional groups attached to an aromatic ring is 1. The Morgan fingerprint density at radius 2 is 2.12 bits per heavy atom. The standard InChI is InChI=1S/C18H24BrN3O2/c19-14-9-15(18-13(17(14)20)3-1-2-8-24-18)22(11-23)16-10-21-6-4-12(16)5-7-21/h9,11-12,16H,1-8,10,20H2. The number of nitrogens with two attached hydrogens (primary N) is 1. The van der Waals surface area contributed by atoms with E-state index in [0.29, 0.717) is 12.5 Å². The monoisotopic (exact) mass is 393 g/mol. The fourth-order valence-electron chi connectivity index (χ4n) is 4.43. The lowest BCUT2D eigenvalue weighted by atomic mass is 9.83. The maximum Gasteiger partial charge on any atom is 0.214 e. The summed E-state index contributed by atoms with van der Waals surface area (Å²) < 4.78 is 6.91. The number of hydrogen-bond donors (Lipinski definition) is 1. The van der Waals surface area contributed by atoms with Crippen molar-refractivity contribution in [1.82, 2.24) is 4.90 Å². The molecule has 4 aliphatic heterocycles.